The predicted molar refractivity (Wildman–Crippen MR) is 146 cm³/mol. The van der Waals surface area contributed by atoms with E-state index in [-0.39, 0.29) is 35.9 Å². The van der Waals surface area contributed by atoms with Crippen molar-refractivity contribution in [2.75, 3.05) is 18.8 Å². The SMILES string of the molecule is Nc1n[nH]c(=O)c2c1c(-c1ccc(Oc3ccccc3)cc1)nn2C1CCCN(C(=O)/C(=C/C2CC2)N=O)C1. The molecule has 11 heteroatoms. The van der Waals surface area contributed by atoms with Crippen LogP contribution in [0.5, 0.6) is 11.5 Å². The van der Waals surface area contributed by atoms with Crippen LogP contribution in [0, 0.1) is 10.8 Å². The molecule has 0 spiro atoms. The highest BCUT2D eigenvalue weighted by Crippen LogP contribution is 2.35. The van der Waals surface area contributed by atoms with Crippen molar-refractivity contribution < 1.29 is 9.53 Å². The summed E-state index contributed by atoms with van der Waals surface area (Å²) in [5.41, 5.74) is 7.32. The van der Waals surface area contributed by atoms with E-state index in [0.29, 0.717) is 41.7 Å². The molecular weight excluding hydrogens is 498 g/mol. The van der Waals surface area contributed by atoms with Gasteiger partial charge in [-0.05, 0) is 79.3 Å². The van der Waals surface area contributed by atoms with E-state index in [1.807, 2.05) is 54.6 Å². The fourth-order valence-corrected chi connectivity index (χ4v) is 5.01. The van der Waals surface area contributed by atoms with E-state index in [2.05, 4.69) is 15.4 Å². The van der Waals surface area contributed by atoms with Gasteiger partial charge in [-0.2, -0.15) is 10.2 Å². The maximum atomic E-state index is 13.1. The van der Waals surface area contributed by atoms with Crippen LogP contribution in [0.2, 0.25) is 0 Å². The normalized spacial score (nSPS) is 17.8. The Hall–Kier alpha value is -4.80. The number of ether oxygens (including phenoxy) is 1. The number of nitroso groups, excluding NO2 is 1. The average molecular weight is 526 g/mol. The zero-order chi connectivity index (χ0) is 26.9. The first-order chi connectivity index (χ1) is 19.0. The fraction of sp³-hybridized carbons (Fsp3) is 0.286. The number of hydrogen-bond acceptors (Lipinski definition) is 8. The van der Waals surface area contributed by atoms with Crippen LogP contribution in [-0.2, 0) is 4.79 Å². The molecule has 39 heavy (non-hydrogen) atoms. The van der Waals surface area contributed by atoms with Crippen molar-refractivity contribution in [2.45, 2.75) is 31.7 Å². The molecule has 2 fully saturated rings. The third-order valence-corrected chi connectivity index (χ3v) is 7.13. The molecule has 198 valence electrons. The van der Waals surface area contributed by atoms with Gasteiger partial charge in [-0.15, -0.1) is 4.91 Å². The van der Waals surface area contributed by atoms with E-state index in [9.17, 15) is 14.5 Å². The van der Waals surface area contributed by atoms with Gasteiger partial charge in [-0.3, -0.25) is 14.3 Å². The van der Waals surface area contributed by atoms with E-state index in [1.165, 1.54) is 0 Å². The number of nitrogens with one attached hydrogen (secondary N) is 1. The van der Waals surface area contributed by atoms with E-state index < -0.39 is 5.56 Å². The van der Waals surface area contributed by atoms with Gasteiger partial charge >= 0.3 is 0 Å². The van der Waals surface area contributed by atoms with Gasteiger partial charge in [-0.25, -0.2) is 5.10 Å². The molecular formula is C28H27N7O4. The molecule has 11 nitrogen and oxygen atoms in total. The number of nitrogens with two attached hydrogens (primary N) is 1. The molecule has 1 aliphatic carbocycles. The maximum absolute atomic E-state index is 13.1. The number of piperidine rings is 1. The number of hydrogen-bond donors (Lipinski definition) is 2. The van der Waals surface area contributed by atoms with Crippen LogP contribution in [0.25, 0.3) is 22.2 Å². The highest BCUT2D eigenvalue weighted by molar-refractivity contribution is 5.99. The number of H-pyrrole nitrogens is 1. The molecule has 3 N–H and O–H groups in total. The van der Waals surface area contributed by atoms with Crippen molar-refractivity contribution in [3.05, 3.63) is 81.6 Å². The molecule has 1 atom stereocenters. The Morgan fingerprint density at radius 2 is 1.82 bits per heavy atom. The predicted octanol–water partition coefficient (Wildman–Crippen LogP) is 4.38. The number of anilines is 1. The Morgan fingerprint density at radius 1 is 1.08 bits per heavy atom. The molecule has 4 aromatic rings. The summed E-state index contributed by atoms with van der Waals surface area (Å²) < 4.78 is 7.55. The highest BCUT2D eigenvalue weighted by atomic mass is 16.5. The number of carbonyl (C=O) groups excluding carboxylic acids is 1. The highest BCUT2D eigenvalue weighted by Gasteiger charge is 2.32. The van der Waals surface area contributed by atoms with Crippen LogP contribution in [0.1, 0.15) is 31.7 Å². The monoisotopic (exact) mass is 525 g/mol. The summed E-state index contributed by atoms with van der Waals surface area (Å²) in [5.74, 6) is 1.38. The first-order valence-electron chi connectivity index (χ1n) is 13.0. The standard InChI is InChI=1S/C28H27N7O4/c29-26-23-24(18-10-12-21(13-11-18)39-20-6-2-1-3-7-20)32-35(25(23)27(36)31-30-26)19-5-4-14-34(16-19)28(37)22(33-38)15-17-8-9-17/h1-3,6-7,10-13,15,17,19H,4-5,8-9,14,16H2,(H2,29,30)(H,31,36)/b22-15-. The van der Waals surface area contributed by atoms with Crippen LogP contribution in [-0.4, -0.2) is 43.9 Å². The first-order valence-corrected chi connectivity index (χ1v) is 13.0. The number of fused-ring (bicyclic) bond motifs is 1. The van der Waals surface area contributed by atoms with Gasteiger partial charge in [-0.1, -0.05) is 18.2 Å². The number of nitrogen functional groups attached to an aromatic ring is 1. The number of amides is 1. The Kier molecular flexibility index (Phi) is 6.39. The number of aromatic nitrogens is 4. The van der Waals surface area contributed by atoms with Gasteiger partial charge < -0.3 is 15.4 Å². The minimum Gasteiger partial charge on any atom is -0.457 e. The Labute approximate surface area is 223 Å². The second kappa shape index (κ2) is 10.2. The molecule has 1 saturated carbocycles. The summed E-state index contributed by atoms with van der Waals surface area (Å²) >= 11 is 0. The van der Waals surface area contributed by atoms with E-state index in [4.69, 9.17) is 15.6 Å². The summed E-state index contributed by atoms with van der Waals surface area (Å²) in [6.45, 7) is 0.792. The lowest BCUT2D eigenvalue weighted by atomic mass is 10.0. The average Bonchev–Trinajstić information content (AvgIpc) is 3.70. The molecule has 1 aliphatic heterocycles. The largest absolute Gasteiger partial charge is 0.457 e. The number of likely N-dealkylation sites (tertiary alicyclic amines) is 1. The van der Waals surface area contributed by atoms with E-state index in [1.54, 1.807) is 15.7 Å². The van der Waals surface area contributed by atoms with Gasteiger partial charge in [0, 0.05) is 18.7 Å². The Balaban J connectivity index is 1.33. The van der Waals surface area contributed by atoms with Gasteiger partial charge in [0.25, 0.3) is 11.5 Å². The van der Waals surface area contributed by atoms with Crippen molar-refractivity contribution >= 4 is 22.6 Å². The quantitative estimate of drug-likeness (QED) is 0.269. The van der Waals surface area contributed by atoms with Crippen LogP contribution in [0.3, 0.4) is 0 Å². The van der Waals surface area contributed by atoms with Crippen molar-refractivity contribution in [2.24, 2.45) is 11.1 Å². The molecule has 2 aromatic carbocycles. The first kappa shape index (κ1) is 24.5. The number of benzene rings is 2. The number of nitrogens with zero attached hydrogens (tertiary/aromatic N) is 5. The molecule has 1 saturated heterocycles. The van der Waals surface area contributed by atoms with Crippen LogP contribution in [0.15, 0.2) is 76.3 Å². The molecule has 0 bridgehead atoms. The minimum absolute atomic E-state index is 0.0479. The maximum Gasteiger partial charge on any atom is 0.290 e. The summed E-state index contributed by atoms with van der Waals surface area (Å²) in [6.07, 6.45) is 4.99. The molecule has 2 aliphatic rings. The van der Waals surface area contributed by atoms with Gasteiger partial charge in [0.05, 0.1) is 11.4 Å². The van der Waals surface area contributed by atoms with Gasteiger partial charge in [0.2, 0.25) is 0 Å². The molecule has 6 rings (SSSR count). The van der Waals surface area contributed by atoms with E-state index >= 15 is 0 Å². The third-order valence-electron chi connectivity index (χ3n) is 7.13. The molecule has 3 heterocycles. The van der Waals surface area contributed by atoms with Crippen molar-refractivity contribution in [3.8, 4) is 22.8 Å². The summed E-state index contributed by atoms with van der Waals surface area (Å²) in [7, 11) is 0. The number of para-hydroxylation sites is 1. The second-order valence-corrected chi connectivity index (χ2v) is 9.92. The molecule has 0 radical (unpaired) electrons. The minimum atomic E-state index is -0.422. The Bertz CT molecular complexity index is 1620. The zero-order valence-corrected chi connectivity index (χ0v) is 21.1. The van der Waals surface area contributed by atoms with Gasteiger partial charge in [0.15, 0.2) is 11.5 Å². The van der Waals surface area contributed by atoms with Crippen molar-refractivity contribution in [3.63, 3.8) is 0 Å². The topological polar surface area (TPSA) is 149 Å². The van der Waals surface area contributed by atoms with Crippen LogP contribution in [0.4, 0.5) is 5.82 Å². The summed E-state index contributed by atoms with van der Waals surface area (Å²) in [5, 5.41) is 14.7. The number of allylic oxidation sites excluding steroid dienone is 1. The zero-order valence-electron chi connectivity index (χ0n) is 21.1. The Morgan fingerprint density at radius 3 is 2.54 bits per heavy atom. The molecule has 1 unspecified atom stereocenters. The number of aromatic amines is 1. The summed E-state index contributed by atoms with van der Waals surface area (Å²) in [4.78, 5) is 39.1. The number of carbonyl (C=O) groups is 1. The smallest absolute Gasteiger partial charge is 0.290 e. The summed E-state index contributed by atoms with van der Waals surface area (Å²) in [6, 6.07) is 16.5. The lowest BCUT2D eigenvalue weighted by Gasteiger charge is -2.32. The molecule has 2 aromatic heterocycles. The third kappa shape index (κ3) is 4.90. The van der Waals surface area contributed by atoms with Gasteiger partial charge in [0.1, 0.15) is 22.7 Å². The molecule has 1 amide bonds. The van der Waals surface area contributed by atoms with Crippen LogP contribution < -0.4 is 16.0 Å². The number of rotatable bonds is 7. The van der Waals surface area contributed by atoms with Crippen molar-refractivity contribution in [1.82, 2.24) is 24.9 Å². The van der Waals surface area contributed by atoms with Crippen molar-refractivity contribution in [1.29, 1.82) is 0 Å². The lowest BCUT2D eigenvalue weighted by molar-refractivity contribution is -0.128. The lowest BCUT2D eigenvalue weighted by Crippen LogP contribution is -2.41. The van der Waals surface area contributed by atoms with Crippen LogP contribution >= 0.6 is 0 Å². The second-order valence-electron chi connectivity index (χ2n) is 9.92. The van der Waals surface area contributed by atoms with E-state index in [0.717, 1.165) is 24.2 Å². The fourth-order valence-electron chi connectivity index (χ4n) is 5.01.